The lowest BCUT2D eigenvalue weighted by Crippen LogP contribution is -2.22. The van der Waals surface area contributed by atoms with E-state index in [1.54, 1.807) is 13.8 Å². The lowest BCUT2D eigenvalue weighted by molar-refractivity contribution is 0.660. The van der Waals surface area contributed by atoms with Crippen molar-refractivity contribution in [1.29, 1.82) is 0 Å². The van der Waals surface area contributed by atoms with Crippen LogP contribution < -0.4 is 4.90 Å². The van der Waals surface area contributed by atoms with Gasteiger partial charge in [-0.1, -0.05) is 141 Å². The van der Waals surface area contributed by atoms with Gasteiger partial charge in [0.25, 0.3) is 0 Å². The molecule has 0 radical (unpaired) electrons. The molecule has 9 rings (SSSR count). The third kappa shape index (κ3) is 4.17. The maximum absolute atomic E-state index is 9.59. The van der Waals surface area contributed by atoms with E-state index in [2.05, 4.69) is 0 Å². The van der Waals surface area contributed by atoms with E-state index < -0.39 is 137 Å². The average Bonchev–Trinajstić information content (AvgIpc) is 3.71. The molecule has 0 N–H and O–H groups in total. The molecule has 0 saturated carbocycles. The summed E-state index contributed by atoms with van der Waals surface area (Å²) < 4.78 is 196. The molecule has 0 heterocycles. The topological polar surface area (TPSA) is 3.24 Å². The molecule has 2 aliphatic carbocycles. The quantitative estimate of drug-likeness (QED) is 0.181. The number of hydrogen-bond acceptors (Lipinski definition) is 1. The fraction of sp³-hybridized carbons (Fsp3) is 0.106. The van der Waals surface area contributed by atoms with Crippen molar-refractivity contribution in [1.82, 2.24) is 0 Å². The van der Waals surface area contributed by atoms with Gasteiger partial charge in [-0.05, 0) is 110 Å². The van der Waals surface area contributed by atoms with Crippen LogP contribution in [0.25, 0.3) is 33.4 Å². The van der Waals surface area contributed by atoms with Gasteiger partial charge in [0.2, 0.25) is 0 Å². The van der Waals surface area contributed by atoms with E-state index >= 15 is 0 Å². The summed E-state index contributed by atoms with van der Waals surface area (Å²) in [6.07, 6.45) is 0. The molecular weight excluding hydrogens is 579 g/mol. The van der Waals surface area contributed by atoms with Gasteiger partial charge in [-0.3, -0.25) is 0 Å². The molecule has 7 aromatic carbocycles. The number of fused-ring (bicyclic) bond motifs is 6. The van der Waals surface area contributed by atoms with E-state index in [9.17, 15) is 8.22 Å². The zero-order valence-electron chi connectivity index (χ0n) is 47.9. The number of para-hydroxylation sites is 1. The monoisotopic (exact) mass is 637 g/mol. The molecule has 0 fully saturated rings. The van der Waals surface area contributed by atoms with Crippen LogP contribution in [0, 0.1) is 0 Å². The van der Waals surface area contributed by atoms with Crippen molar-refractivity contribution in [2.75, 3.05) is 4.90 Å². The Hall–Kier alpha value is -5.66. The van der Waals surface area contributed by atoms with Crippen LogP contribution in [0.2, 0.25) is 0 Å². The second-order valence-electron chi connectivity index (χ2n) is 12.2. The third-order valence-electron chi connectivity index (χ3n) is 9.30. The Morgan fingerprint density at radius 2 is 1.10 bits per heavy atom. The van der Waals surface area contributed by atoms with Crippen molar-refractivity contribution >= 4 is 17.1 Å². The Balaban J connectivity index is 1.33. The molecule has 1 nitrogen and oxygen atoms in total. The fourth-order valence-corrected chi connectivity index (χ4v) is 6.82. The van der Waals surface area contributed by atoms with E-state index in [0.717, 1.165) is 11.0 Å². The van der Waals surface area contributed by atoms with Gasteiger partial charge in [0.15, 0.2) is 0 Å². The minimum Gasteiger partial charge on any atom is -0.310 e. The van der Waals surface area contributed by atoms with Crippen LogP contribution in [0.4, 0.5) is 17.1 Å². The van der Waals surface area contributed by atoms with Crippen molar-refractivity contribution in [3.63, 3.8) is 0 Å². The van der Waals surface area contributed by atoms with Crippen molar-refractivity contribution in [2.45, 2.75) is 31.6 Å². The third-order valence-corrected chi connectivity index (χ3v) is 9.30. The lowest BCUT2D eigenvalue weighted by atomic mass is 9.74. The number of hydrogen-bond donors (Lipinski definition) is 0. The Kier molecular flexibility index (Phi) is 3.08. The number of anilines is 3. The molecule has 1 heteroatoms. The second-order valence-corrected chi connectivity index (χ2v) is 12.2. The van der Waals surface area contributed by atoms with Gasteiger partial charge in [0.05, 0.1) is 30.2 Å². The minimum atomic E-state index is -1.84. The van der Waals surface area contributed by atoms with E-state index in [1.807, 2.05) is 0 Å². The van der Waals surface area contributed by atoms with E-state index in [0.29, 0.717) is 5.56 Å². The van der Waals surface area contributed by atoms with Crippen molar-refractivity contribution < 1.29 is 30.2 Å². The van der Waals surface area contributed by atoms with Gasteiger partial charge >= 0.3 is 0 Å². The predicted molar refractivity (Wildman–Crippen MR) is 202 cm³/mol. The Morgan fingerprint density at radius 3 is 1.94 bits per heavy atom. The average molecular weight is 638 g/mol. The van der Waals surface area contributed by atoms with Crippen molar-refractivity contribution in [3.05, 3.63) is 197 Å². The highest BCUT2D eigenvalue weighted by molar-refractivity contribution is 5.87. The maximum Gasteiger partial charge on any atom is 0.0645 e. The first kappa shape index (κ1) is 13.8. The number of benzene rings is 7. The molecule has 1 atom stereocenters. The molecular formula is C47H37N. The Morgan fingerprint density at radius 1 is 0.438 bits per heavy atom. The fourth-order valence-electron chi connectivity index (χ4n) is 6.82. The highest BCUT2D eigenvalue weighted by Crippen LogP contribution is 2.53. The van der Waals surface area contributed by atoms with Gasteiger partial charge in [-0.25, -0.2) is 0 Å². The summed E-state index contributed by atoms with van der Waals surface area (Å²) in [5.74, 6) is 0. The molecule has 2 aliphatic rings. The first-order valence-electron chi connectivity index (χ1n) is 26.1. The summed E-state index contributed by atoms with van der Waals surface area (Å²) in [7, 11) is 0. The van der Waals surface area contributed by atoms with Gasteiger partial charge in [0.1, 0.15) is 0 Å². The Labute approximate surface area is 314 Å². The molecule has 0 aromatic heterocycles. The standard InChI is InChI=1S/C47H37N/c1-46(2)42-21-10-7-18-38(42)41-29-28-37(31-45(41)46)48(35-16-5-4-6-17-35)36-26-24-32(25-27-36)33-14-13-15-34(30-33)47(3)43-22-11-8-19-39(43)40-20-9-12-23-44(40)47/h4-31H,1-3H3/i4D,5D,6D,8D,9D,10D,11D,12D,13D,15D,16D,17D,18D,19D,20D,21D,22D,24D,25D,26D,27D,29D. The summed E-state index contributed by atoms with van der Waals surface area (Å²) in [5.41, 5.74) is -4.33. The molecule has 0 bridgehead atoms. The van der Waals surface area contributed by atoms with Crippen LogP contribution in [0.5, 0.6) is 0 Å². The summed E-state index contributed by atoms with van der Waals surface area (Å²) in [5, 5.41) is 0. The molecule has 0 saturated heterocycles. The number of rotatable bonds is 5. The number of nitrogens with zero attached hydrogens (tertiary/aromatic N) is 1. The van der Waals surface area contributed by atoms with E-state index in [1.165, 1.54) is 37.3 Å². The van der Waals surface area contributed by atoms with Crippen LogP contribution in [-0.2, 0) is 10.8 Å². The molecule has 7 aromatic rings. The summed E-state index contributed by atoms with van der Waals surface area (Å²) in [6, 6.07) is -5.33. The van der Waals surface area contributed by atoms with Crippen LogP contribution in [0.1, 0.15) is 78.7 Å². The van der Waals surface area contributed by atoms with Gasteiger partial charge in [-0.15, -0.1) is 0 Å². The van der Waals surface area contributed by atoms with Crippen molar-refractivity contribution in [2.24, 2.45) is 0 Å². The van der Waals surface area contributed by atoms with Crippen LogP contribution in [-0.4, -0.2) is 0 Å². The first-order chi connectivity index (χ1) is 32.5. The van der Waals surface area contributed by atoms with E-state index in [4.69, 9.17) is 21.9 Å². The summed E-state index contributed by atoms with van der Waals surface area (Å²) in [6.45, 7) is 4.89. The van der Waals surface area contributed by atoms with Gasteiger partial charge in [0, 0.05) is 27.9 Å². The highest BCUT2D eigenvalue weighted by Gasteiger charge is 2.40. The van der Waals surface area contributed by atoms with E-state index in [-0.39, 0.29) is 79.9 Å². The van der Waals surface area contributed by atoms with Gasteiger partial charge < -0.3 is 4.90 Å². The lowest BCUT2D eigenvalue weighted by Gasteiger charge is -2.29. The minimum absolute atomic E-state index is 0.0575. The molecule has 0 aliphatic heterocycles. The smallest absolute Gasteiger partial charge is 0.0645 e. The molecule has 0 amide bonds. The molecule has 1 unspecified atom stereocenters. The SMILES string of the molecule is [2H]c1cc(-c2c([2H])c([2H])c(N(c3cc([2H])c4c(c3)C(C)(C)c3c([2H])c([2H])cc([2H])c3-4)c3c([2H])c([2H])c([2H])c([2H])c3[2H])c([2H])c2[2H])cc(C2(C)c3cc([2H])c([2H])c([2H])c3-c3c([2H])c([2H])c([2H])c([2H])c32)c1[2H]. The van der Waals surface area contributed by atoms with Crippen molar-refractivity contribution in [3.8, 4) is 33.4 Å². The van der Waals surface area contributed by atoms with Crippen LogP contribution in [0.15, 0.2) is 169 Å². The van der Waals surface area contributed by atoms with Crippen LogP contribution in [0.3, 0.4) is 0 Å². The first-order valence-corrected chi connectivity index (χ1v) is 15.1. The predicted octanol–water partition coefficient (Wildman–Crippen LogP) is 12.5. The summed E-state index contributed by atoms with van der Waals surface area (Å²) >= 11 is 0. The molecule has 48 heavy (non-hydrogen) atoms. The maximum atomic E-state index is 9.59. The second kappa shape index (κ2) is 10.7. The molecule has 0 spiro atoms. The Bertz CT molecular complexity index is 3530. The zero-order chi connectivity index (χ0) is 51.6. The largest absolute Gasteiger partial charge is 0.310 e. The summed E-state index contributed by atoms with van der Waals surface area (Å²) in [4.78, 5) is 0.938. The van der Waals surface area contributed by atoms with Gasteiger partial charge in [-0.2, -0.15) is 0 Å². The molecule has 230 valence electrons. The van der Waals surface area contributed by atoms with Crippen LogP contribution >= 0.6 is 0 Å². The zero-order valence-corrected chi connectivity index (χ0v) is 25.9. The highest BCUT2D eigenvalue weighted by atomic mass is 15.1. The normalized spacial score (nSPS) is 22.9.